The van der Waals surface area contributed by atoms with E-state index in [4.69, 9.17) is 9.47 Å². The highest BCUT2D eigenvalue weighted by Gasteiger charge is 2.19. The van der Waals surface area contributed by atoms with Crippen molar-refractivity contribution in [2.45, 2.75) is 12.3 Å². The summed E-state index contributed by atoms with van der Waals surface area (Å²) in [5, 5.41) is 10.6. The van der Waals surface area contributed by atoms with Crippen molar-refractivity contribution in [3.8, 4) is 11.5 Å². The number of benzene rings is 1. The van der Waals surface area contributed by atoms with Crippen LogP contribution in [0.5, 0.6) is 11.5 Å². The van der Waals surface area contributed by atoms with Gasteiger partial charge in [0.2, 0.25) is 6.54 Å². The number of carbonyl (C=O) groups is 1. The monoisotopic (exact) mass is 253 g/mol. The van der Waals surface area contributed by atoms with E-state index >= 15 is 0 Å². The van der Waals surface area contributed by atoms with E-state index in [1.807, 2.05) is 0 Å². The second kappa shape index (κ2) is 6.58. The first-order valence-electron chi connectivity index (χ1n) is 5.39. The maximum atomic E-state index is 10.6. The molecule has 0 amide bonds. The number of ether oxygens (including phenoxy) is 2. The minimum absolute atomic E-state index is 0.108. The lowest BCUT2D eigenvalue weighted by Gasteiger charge is -2.13. The fourth-order valence-corrected chi connectivity index (χ4v) is 1.72. The maximum absolute atomic E-state index is 10.6. The summed E-state index contributed by atoms with van der Waals surface area (Å²) in [6, 6.07) is 5.04. The third-order valence-electron chi connectivity index (χ3n) is 2.63. The summed E-state index contributed by atoms with van der Waals surface area (Å²) in [5.74, 6) is 0.596. The number of carbonyl (C=O) groups excluding carboxylic acids is 1. The molecule has 0 saturated heterocycles. The number of aldehydes is 1. The molecular formula is C12H15NO5. The van der Waals surface area contributed by atoms with E-state index in [1.165, 1.54) is 14.2 Å². The van der Waals surface area contributed by atoms with Crippen LogP contribution in [-0.4, -0.2) is 32.0 Å². The number of methoxy groups -OCH3 is 2. The molecule has 98 valence electrons. The van der Waals surface area contributed by atoms with E-state index in [2.05, 4.69) is 0 Å². The average molecular weight is 253 g/mol. The number of nitro groups is 1. The van der Waals surface area contributed by atoms with Crippen molar-refractivity contribution < 1.29 is 19.2 Å². The van der Waals surface area contributed by atoms with E-state index < -0.39 is 10.8 Å². The molecule has 0 saturated carbocycles. The minimum atomic E-state index is -0.447. The second-order valence-electron chi connectivity index (χ2n) is 3.73. The lowest BCUT2D eigenvalue weighted by Crippen LogP contribution is -2.13. The molecular weight excluding hydrogens is 238 g/mol. The molecule has 6 nitrogen and oxygen atoms in total. The van der Waals surface area contributed by atoms with E-state index in [0.717, 1.165) is 0 Å². The van der Waals surface area contributed by atoms with Crippen LogP contribution in [0.25, 0.3) is 0 Å². The first-order chi connectivity index (χ1) is 8.62. The largest absolute Gasteiger partial charge is 0.493 e. The van der Waals surface area contributed by atoms with Gasteiger partial charge < -0.3 is 14.3 Å². The van der Waals surface area contributed by atoms with Gasteiger partial charge in [-0.15, -0.1) is 0 Å². The van der Waals surface area contributed by atoms with Crippen LogP contribution < -0.4 is 9.47 Å². The van der Waals surface area contributed by atoms with Gasteiger partial charge in [0.15, 0.2) is 11.5 Å². The van der Waals surface area contributed by atoms with Gasteiger partial charge in [-0.2, -0.15) is 0 Å². The smallest absolute Gasteiger partial charge is 0.211 e. The Kier molecular flexibility index (Phi) is 5.10. The van der Waals surface area contributed by atoms with Gasteiger partial charge in [-0.05, 0) is 17.7 Å². The SMILES string of the molecule is COc1ccc(C(CC=O)C[N+](=O)[O-])cc1OC. The lowest BCUT2D eigenvalue weighted by molar-refractivity contribution is -0.483. The Morgan fingerprint density at radius 1 is 1.33 bits per heavy atom. The van der Waals surface area contributed by atoms with Crippen molar-refractivity contribution >= 4 is 6.29 Å². The highest BCUT2D eigenvalue weighted by molar-refractivity contribution is 5.53. The Bertz CT molecular complexity index is 432. The molecule has 1 aromatic rings. The van der Waals surface area contributed by atoms with Crippen molar-refractivity contribution in [2.24, 2.45) is 0 Å². The summed E-state index contributed by atoms with van der Waals surface area (Å²) in [7, 11) is 3.00. The Morgan fingerprint density at radius 2 is 2.00 bits per heavy atom. The van der Waals surface area contributed by atoms with Gasteiger partial charge in [0, 0.05) is 11.3 Å². The molecule has 0 aliphatic rings. The predicted octanol–water partition coefficient (Wildman–Crippen LogP) is 1.65. The van der Waals surface area contributed by atoms with Crippen molar-refractivity contribution in [2.75, 3.05) is 20.8 Å². The molecule has 0 N–H and O–H groups in total. The maximum Gasteiger partial charge on any atom is 0.211 e. The van der Waals surface area contributed by atoms with Gasteiger partial charge >= 0.3 is 0 Å². The molecule has 18 heavy (non-hydrogen) atoms. The molecule has 1 aromatic carbocycles. The van der Waals surface area contributed by atoms with Crippen LogP contribution in [0.2, 0.25) is 0 Å². The van der Waals surface area contributed by atoms with Gasteiger partial charge in [-0.25, -0.2) is 0 Å². The van der Waals surface area contributed by atoms with Crippen LogP contribution in [-0.2, 0) is 4.79 Å². The van der Waals surface area contributed by atoms with Crippen LogP contribution in [0.15, 0.2) is 18.2 Å². The van der Waals surface area contributed by atoms with Crippen molar-refractivity contribution in [3.05, 3.63) is 33.9 Å². The summed E-state index contributed by atoms with van der Waals surface area (Å²) in [6.45, 7) is -0.284. The van der Waals surface area contributed by atoms with Crippen molar-refractivity contribution in [1.82, 2.24) is 0 Å². The molecule has 1 unspecified atom stereocenters. The Labute approximate surface area is 105 Å². The van der Waals surface area contributed by atoms with Gasteiger partial charge in [0.25, 0.3) is 0 Å². The normalized spacial score (nSPS) is 11.7. The Morgan fingerprint density at radius 3 is 2.50 bits per heavy atom. The van der Waals surface area contributed by atoms with E-state index in [0.29, 0.717) is 23.3 Å². The highest BCUT2D eigenvalue weighted by Crippen LogP contribution is 2.31. The Balaban J connectivity index is 3.04. The van der Waals surface area contributed by atoms with Crippen LogP contribution in [0, 0.1) is 10.1 Å². The molecule has 0 aliphatic heterocycles. The van der Waals surface area contributed by atoms with Crippen LogP contribution in [0.4, 0.5) is 0 Å². The summed E-state index contributed by atoms with van der Waals surface area (Å²) in [4.78, 5) is 20.7. The zero-order valence-corrected chi connectivity index (χ0v) is 10.3. The molecule has 1 atom stereocenters. The fourth-order valence-electron chi connectivity index (χ4n) is 1.72. The highest BCUT2D eigenvalue weighted by atomic mass is 16.6. The predicted molar refractivity (Wildman–Crippen MR) is 64.8 cm³/mol. The lowest BCUT2D eigenvalue weighted by atomic mass is 9.96. The van der Waals surface area contributed by atoms with Gasteiger partial charge in [-0.1, -0.05) is 6.07 Å². The topological polar surface area (TPSA) is 78.7 Å². The molecule has 0 aromatic heterocycles. The first kappa shape index (κ1) is 14.0. The number of hydrogen-bond donors (Lipinski definition) is 0. The second-order valence-corrected chi connectivity index (χ2v) is 3.73. The van der Waals surface area contributed by atoms with Crippen LogP contribution >= 0.6 is 0 Å². The minimum Gasteiger partial charge on any atom is -0.493 e. The summed E-state index contributed by atoms with van der Waals surface area (Å²) < 4.78 is 10.2. The number of hydrogen-bond acceptors (Lipinski definition) is 5. The molecule has 0 bridgehead atoms. The van der Waals surface area contributed by atoms with E-state index in [-0.39, 0.29) is 13.0 Å². The molecule has 0 spiro atoms. The molecule has 0 fully saturated rings. The third-order valence-corrected chi connectivity index (χ3v) is 2.63. The average Bonchev–Trinajstić information content (AvgIpc) is 2.37. The van der Waals surface area contributed by atoms with Crippen LogP contribution in [0.1, 0.15) is 17.9 Å². The van der Waals surface area contributed by atoms with Crippen LogP contribution in [0.3, 0.4) is 0 Å². The third kappa shape index (κ3) is 3.44. The molecule has 6 heteroatoms. The van der Waals surface area contributed by atoms with Crippen molar-refractivity contribution in [1.29, 1.82) is 0 Å². The first-order valence-corrected chi connectivity index (χ1v) is 5.39. The molecule has 0 aliphatic carbocycles. The van der Waals surface area contributed by atoms with E-state index in [1.54, 1.807) is 18.2 Å². The van der Waals surface area contributed by atoms with Gasteiger partial charge in [-0.3, -0.25) is 10.1 Å². The summed E-state index contributed by atoms with van der Waals surface area (Å²) >= 11 is 0. The number of nitrogens with zero attached hydrogens (tertiary/aromatic N) is 1. The van der Waals surface area contributed by atoms with Gasteiger partial charge in [0.1, 0.15) is 6.29 Å². The standard InChI is InChI=1S/C12H15NO5/c1-17-11-4-3-9(7-12(11)18-2)10(5-6-14)8-13(15)16/h3-4,6-7,10H,5,8H2,1-2H3. The Hall–Kier alpha value is -2.11. The summed E-state index contributed by atoms with van der Waals surface area (Å²) in [5.41, 5.74) is 0.691. The molecule has 0 heterocycles. The van der Waals surface area contributed by atoms with Gasteiger partial charge in [0.05, 0.1) is 20.1 Å². The van der Waals surface area contributed by atoms with Crippen molar-refractivity contribution in [3.63, 3.8) is 0 Å². The molecule has 0 radical (unpaired) electrons. The summed E-state index contributed by atoms with van der Waals surface area (Å²) in [6.07, 6.45) is 0.793. The zero-order chi connectivity index (χ0) is 13.5. The number of rotatable bonds is 7. The van der Waals surface area contributed by atoms with E-state index in [9.17, 15) is 14.9 Å². The fraction of sp³-hybridized carbons (Fsp3) is 0.417. The molecule has 1 rings (SSSR count). The quantitative estimate of drug-likeness (QED) is 0.419. The zero-order valence-electron chi connectivity index (χ0n) is 10.3.